The van der Waals surface area contributed by atoms with Crippen molar-refractivity contribution in [2.45, 2.75) is 56.7 Å². The molecule has 0 bridgehead atoms. The van der Waals surface area contributed by atoms with Crippen molar-refractivity contribution in [1.82, 2.24) is 19.7 Å². The smallest absolute Gasteiger partial charge is 0.387 e. The molecule has 172 valence electrons. The van der Waals surface area contributed by atoms with Gasteiger partial charge in [-0.05, 0) is 56.1 Å². The molecule has 2 unspecified atom stereocenters. The molecule has 9 heteroatoms. The Kier molecular flexibility index (Phi) is 5.06. The summed E-state index contributed by atoms with van der Waals surface area (Å²) in [4.78, 5) is 6.70. The fraction of sp³-hybridized carbons (Fsp3) is 0.652. The van der Waals surface area contributed by atoms with Crippen molar-refractivity contribution in [1.29, 1.82) is 0 Å². The molecular weight excluding hydrogens is 416 g/mol. The van der Waals surface area contributed by atoms with Gasteiger partial charge in [0.15, 0.2) is 11.6 Å². The summed E-state index contributed by atoms with van der Waals surface area (Å²) in [5.41, 5.74) is 8.52. The molecule has 3 heterocycles. The molecule has 32 heavy (non-hydrogen) atoms. The standard InChI is InChI=1S/C23H29F2N5O2/c24-23(25)32-20-8-13(12-27-22(20)26)19-11-18(28-30(19)14-2-1-3-14)21-16-9-15(10-17(16)21)29-4-6-31-7-5-29/h8,11-12,14-17,21,23H,1-7,9-10H2,(H2,26,27)/t15?,16-,17+,21?. The first kappa shape index (κ1) is 20.4. The number of hydrogen-bond acceptors (Lipinski definition) is 6. The Morgan fingerprint density at radius 3 is 2.50 bits per heavy atom. The van der Waals surface area contributed by atoms with E-state index in [-0.39, 0.29) is 11.6 Å². The van der Waals surface area contributed by atoms with E-state index in [1.807, 2.05) is 0 Å². The van der Waals surface area contributed by atoms with E-state index in [1.165, 1.54) is 19.3 Å². The van der Waals surface area contributed by atoms with E-state index in [4.69, 9.17) is 15.6 Å². The number of nitrogen functional groups attached to an aromatic ring is 1. The molecule has 0 spiro atoms. The Balaban J connectivity index is 1.24. The lowest BCUT2D eigenvalue weighted by Crippen LogP contribution is -2.43. The number of nitrogens with zero attached hydrogens (tertiary/aromatic N) is 4. The fourth-order valence-corrected chi connectivity index (χ4v) is 5.98. The van der Waals surface area contributed by atoms with Crippen molar-refractivity contribution in [3.63, 3.8) is 0 Å². The van der Waals surface area contributed by atoms with Crippen LogP contribution < -0.4 is 10.5 Å². The van der Waals surface area contributed by atoms with Gasteiger partial charge in [-0.3, -0.25) is 9.58 Å². The third-order valence-electron chi connectivity index (χ3n) is 7.89. The van der Waals surface area contributed by atoms with Crippen LogP contribution >= 0.6 is 0 Å². The van der Waals surface area contributed by atoms with E-state index in [0.29, 0.717) is 29.8 Å². The first-order valence-corrected chi connectivity index (χ1v) is 11.7. The maximum atomic E-state index is 12.8. The maximum Gasteiger partial charge on any atom is 0.387 e. The second-order valence-corrected chi connectivity index (χ2v) is 9.60. The Morgan fingerprint density at radius 1 is 1.09 bits per heavy atom. The zero-order chi connectivity index (χ0) is 21.8. The predicted molar refractivity (Wildman–Crippen MR) is 115 cm³/mol. The van der Waals surface area contributed by atoms with Gasteiger partial charge in [0.2, 0.25) is 0 Å². The summed E-state index contributed by atoms with van der Waals surface area (Å²) in [6.45, 7) is 0.839. The molecule has 1 saturated heterocycles. The van der Waals surface area contributed by atoms with Gasteiger partial charge in [0.05, 0.1) is 30.6 Å². The summed E-state index contributed by atoms with van der Waals surface area (Å²) < 4.78 is 37.7. The van der Waals surface area contributed by atoms with Gasteiger partial charge in [-0.2, -0.15) is 13.9 Å². The van der Waals surface area contributed by atoms with Crippen LogP contribution in [0.4, 0.5) is 14.6 Å². The van der Waals surface area contributed by atoms with Gasteiger partial charge in [-0.1, -0.05) is 0 Å². The van der Waals surface area contributed by atoms with Gasteiger partial charge in [0, 0.05) is 36.8 Å². The molecule has 6 rings (SSSR count). The molecular formula is C23H29F2N5O2. The minimum absolute atomic E-state index is 0.0325. The molecule has 4 atom stereocenters. The SMILES string of the molecule is Nc1ncc(-c2cc(C3[C@H]4CC(N5CCOCC5)C[C@@H]34)nn2C2CCC2)cc1OC(F)F. The monoisotopic (exact) mass is 445 g/mol. The largest absolute Gasteiger partial charge is 0.431 e. The Hall–Kier alpha value is -2.26. The number of rotatable bonds is 6. The fourth-order valence-electron chi connectivity index (χ4n) is 5.98. The minimum Gasteiger partial charge on any atom is -0.431 e. The van der Waals surface area contributed by atoms with Gasteiger partial charge in [-0.15, -0.1) is 0 Å². The van der Waals surface area contributed by atoms with Gasteiger partial charge < -0.3 is 15.2 Å². The predicted octanol–water partition coefficient (Wildman–Crippen LogP) is 3.68. The molecule has 4 fully saturated rings. The number of nitrogens with two attached hydrogens (primary N) is 1. The molecule has 7 nitrogen and oxygen atoms in total. The van der Waals surface area contributed by atoms with Crippen molar-refractivity contribution in [2.24, 2.45) is 11.8 Å². The first-order chi connectivity index (χ1) is 15.6. The first-order valence-electron chi connectivity index (χ1n) is 11.7. The van der Waals surface area contributed by atoms with Crippen LogP contribution in [0.5, 0.6) is 5.75 Å². The summed E-state index contributed by atoms with van der Waals surface area (Å²) in [6, 6.07) is 4.74. The van der Waals surface area contributed by atoms with E-state index < -0.39 is 6.61 Å². The summed E-state index contributed by atoms with van der Waals surface area (Å²) in [5.74, 6) is 1.78. The van der Waals surface area contributed by atoms with Crippen LogP contribution in [0.3, 0.4) is 0 Å². The number of ether oxygens (including phenoxy) is 2. The number of halogens is 2. The highest BCUT2D eigenvalue weighted by molar-refractivity contribution is 5.65. The van der Waals surface area contributed by atoms with E-state index in [0.717, 1.165) is 56.1 Å². The summed E-state index contributed by atoms with van der Waals surface area (Å²) in [6.07, 6.45) is 7.47. The van der Waals surface area contributed by atoms with Crippen molar-refractivity contribution >= 4 is 5.82 Å². The van der Waals surface area contributed by atoms with Gasteiger partial charge >= 0.3 is 6.61 Å². The number of fused-ring (bicyclic) bond motifs is 1. The average Bonchev–Trinajstić information content (AvgIpc) is 3.08. The second-order valence-electron chi connectivity index (χ2n) is 9.60. The quantitative estimate of drug-likeness (QED) is 0.731. The normalized spacial score (nSPS) is 30.3. The highest BCUT2D eigenvalue weighted by Gasteiger charge is 2.58. The molecule has 2 N–H and O–H groups in total. The number of pyridine rings is 1. The summed E-state index contributed by atoms with van der Waals surface area (Å²) in [7, 11) is 0. The van der Waals surface area contributed by atoms with Crippen LogP contribution in [0, 0.1) is 11.8 Å². The van der Waals surface area contributed by atoms with Crippen LogP contribution in [0.15, 0.2) is 18.3 Å². The molecule has 0 amide bonds. The zero-order valence-corrected chi connectivity index (χ0v) is 18.0. The molecule has 0 radical (unpaired) electrons. The van der Waals surface area contributed by atoms with Gasteiger partial charge in [-0.25, -0.2) is 4.98 Å². The molecule has 2 aromatic rings. The van der Waals surface area contributed by atoms with E-state index in [2.05, 4.69) is 25.4 Å². The highest BCUT2D eigenvalue weighted by Crippen LogP contribution is 2.64. The van der Waals surface area contributed by atoms with E-state index in [9.17, 15) is 8.78 Å². The summed E-state index contributed by atoms with van der Waals surface area (Å²) in [5, 5.41) is 5.04. The summed E-state index contributed by atoms with van der Waals surface area (Å²) >= 11 is 0. The number of anilines is 1. The van der Waals surface area contributed by atoms with Gasteiger partial charge in [0.1, 0.15) is 0 Å². The van der Waals surface area contributed by atoms with Crippen LogP contribution in [0.25, 0.3) is 11.3 Å². The van der Waals surface area contributed by atoms with Crippen molar-refractivity contribution in [3.05, 3.63) is 24.0 Å². The molecule has 0 aromatic carbocycles. The average molecular weight is 446 g/mol. The van der Waals surface area contributed by atoms with Crippen LogP contribution in [0.2, 0.25) is 0 Å². The molecule has 4 aliphatic rings. The topological polar surface area (TPSA) is 78.4 Å². The third kappa shape index (κ3) is 3.55. The Bertz CT molecular complexity index is 977. The third-order valence-corrected chi connectivity index (χ3v) is 7.89. The second kappa shape index (κ2) is 7.95. The number of hydrogen-bond donors (Lipinski definition) is 1. The minimum atomic E-state index is -2.94. The van der Waals surface area contributed by atoms with Crippen LogP contribution in [-0.2, 0) is 4.74 Å². The maximum absolute atomic E-state index is 12.8. The lowest BCUT2D eigenvalue weighted by molar-refractivity contribution is -0.0494. The van der Waals surface area contributed by atoms with Crippen LogP contribution in [-0.4, -0.2) is 58.6 Å². The van der Waals surface area contributed by atoms with Crippen LogP contribution in [0.1, 0.15) is 49.8 Å². The lowest BCUT2D eigenvalue weighted by Gasteiger charge is -2.33. The number of aromatic nitrogens is 3. The van der Waals surface area contributed by atoms with Crippen molar-refractivity contribution < 1.29 is 18.3 Å². The van der Waals surface area contributed by atoms with E-state index >= 15 is 0 Å². The number of alkyl halides is 2. The van der Waals surface area contributed by atoms with E-state index in [1.54, 1.807) is 12.3 Å². The Morgan fingerprint density at radius 2 is 1.84 bits per heavy atom. The van der Waals surface area contributed by atoms with Crippen molar-refractivity contribution in [3.8, 4) is 17.0 Å². The molecule has 1 aliphatic heterocycles. The number of morpholine rings is 1. The highest BCUT2D eigenvalue weighted by atomic mass is 19.3. The molecule has 3 aliphatic carbocycles. The Labute approximate surface area is 185 Å². The molecule has 2 aromatic heterocycles. The zero-order valence-electron chi connectivity index (χ0n) is 18.0. The van der Waals surface area contributed by atoms with Crippen molar-refractivity contribution in [2.75, 3.05) is 32.0 Å². The molecule has 3 saturated carbocycles. The lowest BCUT2D eigenvalue weighted by atomic mass is 9.93. The van der Waals surface area contributed by atoms with Gasteiger partial charge in [0.25, 0.3) is 0 Å².